The minimum atomic E-state index is -0.0822. The number of rotatable bonds is 3. The van der Waals surface area contributed by atoms with Crippen molar-refractivity contribution in [2.75, 3.05) is 19.4 Å². The largest absolute Gasteiger partial charge is 0.468 e. The molecule has 1 aromatic heterocycles. The summed E-state index contributed by atoms with van der Waals surface area (Å²) in [6.07, 6.45) is 2.06. The van der Waals surface area contributed by atoms with E-state index in [0.717, 1.165) is 25.1 Å². The fourth-order valence-electron chi connectivity index (χ4n) is 2.59. The minimum Gasteiger partial charge on any atom is -0.468 e. The Morgan fingerprint density at radius 1 is 1.23 bits per heavy atom. The van der Waals surface area contributed by atoms with Gasteiger partial charge in [-0.05, 0) is 51.3 Å². The van der Waals surface area contributed by atoms with Gasteiger partial charge >= 0.3 is 5.97 Å². The fraction of sp³-hybridized carbons (Fsp3) is 0.700. The minimum absolute atomic E-state index is 0. The molecule has 2 rings (SSSR count). The Morgan fingerprint density at radius 3 is 2.19 bits per heavy atom. The first-order valence-electron chi connectivity index (χ1n) is 7.92. The van der Waals surface area contributed by atoms with E-state index in [1.54, 1.807) is 6.07 Å². The Morgan fingerprint density at radius 2 is 1.81 bits per heavy atom. The van der Waals surface area contributed by atoms with Crippen molar-refractivity contribution in [1.82, 2.24) is 9.88 Å². The second-order valence-electron chi connectivity index (χ2n) is 6.15. The van der Waals surface area contributed by atoms with E-state index in [2.05, 4.69) is 37.6 Å². The second-order valence-corrected chi connectivity index (χ2v) is 6.15. The number of anilines is 1. The average molecular weight is 444 g/mol. The summed E-state index contributed by atoms with van der Waals surface area (Å²) in [5.41, 5.74) is 6.54. The molecule has 1 radical (unpaired) electrons. The van der Waals surface area contributed by atoms with E-state index < -0.39 is 0 Å². The van der Waals surface area contributed by atoms with Gasteiger partial charge in [-0.1, -0.05) is 42.2 Å². The summed E-state index contributed by atoms with van der Waals surface area (Å²) < 4.78 is 4.73. The maximum Gasteiger partial charge on any atom is 0.323 e. The van der Waals surface area contributed by atoms with Crippen molar-refractivity contribution in [1.29, 1.82) is 0 Å². The Bertz CT molecular complexity index is 482. The summed E-state index contributed by atoms with van der Waals surface area (Å²) in [4.78, 5) is 17.6. The topological polar surface area (TPSA) is 68.5 Å². The molecule has 0 saturated carbocycles. The molecular weight excluding hydrogens is 403 g/mol. The number of nitrogen functional groups attached to an aromatic ring is 1. The molecule has 0 bridgehead atoms. The smallest absolute Gasteiger partial charge is 0.323 e. The molecule has 0 aromatic carbocycles. The van der Waals surface area contributed by atoms with E-state index in [4.69, 9.17) is 10.5 Å². The van der Waals surface area contributed by atoms with Gasteiger partial charge in [0.05, 0.1) is 7.11 Å². The number of hydrogen-bond donors (Lipinski definition) is 1. The molecule has 1 fully saturated rings. The maximum absolute atomic E-state index is 11.3. The molecule has 1 atom stereocenters. The van der Waals surface area contributed by atoms with Gasteiger partial charge in [0, 0.05) is 44.4 Å². The predicted molar refractivity (Wildman–Crippen MR) is 110 cm³/mol. The van der Waals surface area contributed by atoms with Gasteiger partial charge in [0.1, 0.15) is 11.9 Å². The number of esters is 1. The predicted octanol–water partition coefficient (Wildman–Crippen LogP) is 4.73. The van der Waals surface area contributed by atoms with Gasteiger partial charge in [-0.2, -0.15) is 0 Å². The Kier molecular flexibility index (Phi) is 21.2. The standard InChI is InChI=1S/C9H17NO2.C8H12N2.3CH4.Y/c1-7(2)10-6-4-5-8(10)9(11)12-3;1-6(2)7-4-3-5-8(9)10-7;;;;/h7-8H,4-6H2,1-3H3;3-6H,1-2H3,(H2,9,10);3*1H4;. The summed E-state index contributed by atoms with van der Waals surface area (Å²) >= 11 is 0. The number of methoxy groups -OCH3 is 1. The van der Waals surface area contributed by atoms with Gasteiger partial charge in [0.15, 0.2) is 0 Å². The van der Waals surface area contributed by atoms with Crippen LogP contribution in [0.15, 0.2) is 18.2 Å². The van der Waals surface area contributed by atoms with Crippen molar-refractivity contribution < 1.29 is 42.2 Å². The molecule has 0 spiro atoms. The average Bonchev–Trinajstić information content (AvgIpc) is 2.96. The third-order valence-corrected chi connectivity index (χ3v) is 3.81. The molecular formula is C20H41N3O2Y. The van der Waals surface area contributed by atoms with Crippen molar-refractivity contribution in [3.63, 3.8) is 0 Å². The molecule has 2 heterocycles. The van der Waals surface area contributed by atoms with E-state index >= 15 is 0 Å². The van der Waals surface area contributed by atoms with Crippen LogP contribution in [0.2, 0.25) is 0 Å². The number of nitrogens with zero attached hydrogens (tertiary/aromatic N) is 2. The zero-order valence-corrected chi connectivity index (χ0v) is 17.8. The first-order chi connectivity index (χ1) is 10.4. The van der Waals surface area contributed by atoms with E-state index in [1.165, 1.54) is 7.11 Å². The fourth-order valence-corrected chi connectivity index (χ4v) is 2.59. The van der Waals surface area contributed by atoms with Crippen LogP contribution in [0.3, 0.4) is 0 Å². The van der Waals surface area contributed by atoms with Crippen molar-refractivity contribution in [3.8, 4) is 0 Å². The Labute approximate surface area is 187 Å². The quantitative estimate of drug-likeness (QED) is 0.683. The summed E-state index contributed by atoms with van der Waals surface area (Å²) in [6, 6.07) is 6.16. The molecule has 6 heteroatoms. The first-order valence-corrected chi connectivity index (χ1v) is 7.92. The number of aromatic nitrogens is 1. The van der Waals surface area contributed by atoms with E-state index in [0.29, 0.717) is 17.8 Å². The van der Waals surface area contributed by atoms with E-state index in [9.17, 15) is 4.79 Å². The van der Waals surface area contributed by atoms with Crippen LogP contribution in [-0.2, 0) is 42.2 Å². The molecule has 0 aliphatic carbocycles. The van der Waals surface area contributed by atoms with Crippen LogP contribution in [0.1, 0.15) is 74.4 Å². The van der Waals surface area contributed by atoms with Crippen molar-refractivity contribution >= 4 is 11.8 Å². The summed E-state index contributed by atoms with van der Waals surface area (Å²) in [5.74, 6) is 0.982. The molecule has 1 aliphatic heterocycles. The molecule has 1 aliphatic rings. The van der Waals surface area contributed by atoms with Crippen LogP contribution >= 0.6 is 0 Å². The molecule has 1 unspecified atom stereocenters. The third-order valence-electron chi connectivity index (χ3n) is 3.81. The maximum atomic E-state index is 11.3. The molecule has 1 aromatic rings. The summed E-state index contributed by atoms with van der Waals surface area (Å²) in [7, 11) is 1.46. The Balaban J connectivity index is -0.000000163. The molecule has 5 nitrogen and oxygen atoms in total. The van der Waals surface area contributed by atoms with Crippen LogP contribution in [-0.4, -0.2) is 41.6 Å². The number of ether oxygens (including phenoxy) is 1. The Hall–Kier alpha value is -0.516. The number of hydrogen-bond acceptors (Lipinski definition) is 5. The number of nitrogens with two attached hydrogens (primary N) is 1. The zero-order chi connectivity index (χ0) is 16.7. The molecule has 26 heavy (non-hydrogen) atoms. The van der Waals surface area contributed by atoms with Gasteiger partial charge in [-0.25, -0.2) is 4.98 Å². The number of likely N-dealkylation sites (tertiary alicyclic amines) is 1. The summed E-state index contributed by atoms with van der Waals surface area (Å²) in [6.45, 7) is 9.45. The van der Waals surface area contributed by atoms with E-state index in [1.807, 2.05) is 12.1 Å². The molecule has 0 amide bonds. The van der Waals surface area contributed by atoms with Gasteiger partial charge in [0.25, 0.3) is 0 Å². The van der Waals surface area contributed by atoms with Gasteiger partial charge in [-0.3, -0.25) is 9.69 Å². The van der Waals surface area contributed by atoms with Crippen LogP contribution in [0.4, 0.5) is 5.82 Å². The number of pyridine rings is 1. The second kappa shape index (κ2) is 16.6. The van der Waals surface area contributed by atoms with Crippen LogP contribution < -0.4 is 5.73 Å². The molecule has 151 valence electrons. The van der Waals surface area contributed by atoms with Crippen molar-refractivity contribution in [2.24, 2.45) is 0 Å². The number of carbonyl (C=O) groups is 1. The number of carbonyl (C=O) groups excluding carboxylic acids is 1. The molecule has 1 saturated heterocycles. The third kappa shape index (κ3) is 10.6. The van der Waals surface area contributed by atoms with Crippen LogP contribution in [0.5, 0.6) is 0 Å². The monoisotopic (exact) mass is 444 g/mol. The first kappa shape index (κ1) is 33.1. The SMILES string of the molecule is C.C.C.CC(C)c1cccc(N)n1.COC(=O)C1CCCN1C(C)C.[Y]. The van der Waals surface area contributed by atoms with Crippen molar-refractivity contribution in [2.45, 2.75) is 80.8 Å². The van der Waals surface area contributed by atoms with Crippen LogP contribution in [0.25, 0.3) is 0 Å². The van der Waals surface area contributed by atoms with Gasteiger partial charge in [-0.15, -0.1) is 0 Å². The van der Waals surface area contributed by atoms with Crippen molar-refractivity contribution in [3.05, 3.63) is 23.9 Å². The van der Waals surface area contributed by atoms with Gasteiger partial charge in [0.2, 0.25) is 0 Å². The zero-order valence-electron chi connectivity index (χ0n) is 15.0. The molecule has 2 N–H and O–H groups in total. The normalized spacial score (nSPS) is 15.4. The van der Waals surface area contributed by atoms with E-state index in [-0.39, 0.29) is 67.0 Å². The van der Waals surface area contributed by atoms with Crippen LogP contribution in [0, 0.1) is 0 Å². The summed E-state index contributed by atoms with van der Waals surface area (Å²) in [5, 5.41) is 0. The van der Waals surface area contributed by atoms with Gasteiger partial charge < -0.3 is 10.5 Å².